The predicted octanol–water partition coefficient (Wildman–Crippen LogP) is 1.55. The first-order valence-corrected chi connectivity index (χ1v) is 8.82. The van der Waals surface area contributed by atoms with Crippen LogP contribution >= 0.6 is 0 Å². The monoisotopic (exact) mass is 312 g/mol. The van der Waals surface area contributed by atoms with Gasteiger partial charge in [-0.3, -0.25) is 0 Å². The number of benzene rings is 1. The lowest BCUT2D eigenvalue weighted by molar-refractivity contribution is 0.0585. The van der Waals surface area contributed by atoms with E-state index in [1.807, 2.05) is 13.8 Å². The van der Waals surface area contributed by atoms with Gasteiger partial charge in [-0.25, -0.2) is 13.1 Å². The van der Waals surface area contributed by atoms with Gasteiger partial charge in [0.2, 0.25) is 10.0 Å². The minimum Gasteiger partial charge on any atom is -0.381 e. The van der Waals surface area contributed by atoms with Crippen molar-refractivity contribution in [2.24, 2.45) is 11.7 Å². The van der Waals surface area contributed by atoms with E-state index < -0.39 is 10.0 Å². The van der Waals surface area contributed by atoms with Crippen LogP contribution in [-0.2, 0) is 21.3 Å². The van der Waals surface area contributed by atoms with Crippen molar-refractivity contribution in [1.29, 1.82) is 0 Å². The molecule has 1 fully saturated rings. The minimum absolute atomic E-state index is 0.0895. The third-order valence-corrected chi connectivity index (χ3v) is 5.72. The molecule has 1 aromatic carbocycles. The summed E-state index contributed by atoms with van der Waals surface area (Å²) in [6.07, 6.45) is 1.80. The van der Waals surface area contributed by atoms with E-state index in [1.165, 1.54) is 0 Å². The lowest BCUT2D eigenvalue weighted by Gasteiger charge is -2.28. The summed E-state index contributed by atoms with van der Waals surface area (Å²) in [4.78, 5) is 0.302. The zero-order valence-electron chi connectivity index (χ0n) is 12.6. The Balaban J connectivity index is 2.12. The number of aryl methyl sites for hydroxylation is 1. The van der Waals surface area contributed by atoms with Gasteiger partial charge in [-0.1, -0.05) is 6.07 Å². The highest BCUT2D eigenvalue weighted by Gasteiger charge is 2.25. The van der Waals surface area contributed by atoms with Crippen molar-refractivity contribution in [3.05, 3.63) is 29.3 Å². The van der Waals surface area contributed by atoms with E-state index in [4.69, 9.17) is 10.5 Å². The zero-order valence-corrected chi connectivity index (χ0v) is 13.4. The summed E-state index contributed by atoms with van der Waals surface area (Å²) in [6.45, 7) is 5.64. The molecule has 21 heavy (non-hydrogen) atoms. The molecule has 1 atom stereocenters. The molecule has 1 unspecified atom stereocenters. The predicted molar refractivity (Wildman–Crippen MR) is 82.4 cm³/mol. The van der Waals surface area contributed by atoms with Crippen molar-refractivity contribution in [2.45, 2.75) is 44.2 Å². The zero-order chi connectivity index (χ0) is 15.5. The second-order valence-electron chi connectivity index (χ2n) is 5.65. The van der Waals surface area contributed by atoms with Gasteiger partial charge in [0.1, 0.15) is 0 Å². The van der Waals surface area contributed by atoms with E-state index >= 15 is 0 Å². The van der Waals surface area contributed by atoms with Crippen LogP contribution < -0.4 is 10.5 Å². The van der Waals surface area contributed by atoms with E-state index in [2.05, 4.69) is 4.72 Å². The molecule has 0 saturated carbocycles. The molecule has 6 heteroatoms. The molecular weight excluding hydrogens is 288 g/mol. The molecule has 0 aromatic heterocycles. The molecule has 0 spiro atoms. The van der Waals surface area contributed by atoms with Crippen LogP contribution in [0.4, 0.5) is 0 Å². The van der Waals surface area contributed by atoms with Crippen LogP contribution in [0, 0.1) is 12.8 Å². The molecule has 1 aliphatic rings. The Labute approximate surface area is 126 Å². The maximum absolute atomic E-state index is 12.5. The molecule has 1 heterocycles. The first-order valence-electron chi connectivity index (χ1n) is 7.33. The molecule has 1 aliphatic heterocycles. The molecule has 0 bridgehead atoms. The Morgan fingerprint density at radius 2 is 2.05 bits per heavy atom. The van der Waals surface area contributed by atoms with E-state index in [-0.39, 0.29) is 6.04 Å². The highest BCUT2D eigenvalue weighted by atomic mass is 32.2. The van der Waals surface area contributed by atoms with Crippen molar-refractivity contribution in [3.8, 4) is 0 Å². The number of hydrogen-bond donors (Lipinski definition) is 2. The van der Waals surface area contributed by atoms with E-state index in [0.717, 1.165) is 24.0 Å². The van der Waals surface area contributed by atoms with Gasteiger partial charge in [0.15, 0.2) is 0 Å². The summed E-state index contributed by atoms with van der Waals surface area (Å²) in [5.41, 5.74) is 7.48. The molecule has 0 radical (unpaired) electrons. The normalized spacial score (nSPS) is 18.6. The molecular formula is C15H24N2O3S. The first kappa shape index (κ1) is 16.4. The molecule has 0 aliphatic carbocycles. The average molecular weight is 312 g/mol. The largest absolute Gasteiger partial charge is 0.381 e. The Kier molecular flexibility index (Phi) is 5.37. The molecule has 1 saturated heterocycles. The number of hydrogen-bond acceptors (Lipinski definition) is 4. The highest BCUT2D eigenvalue weighted by molar-refractivity contribution is 7.89. The van der Waals surface area contributed by atoms with Crippen molar-refractivity contribution >= 4 is 10.0 Å². The topological polar surface area (TPSA) is 81.4 Å². The lowest BCUT2D eigenvalue weighted by atomic mass is 9.94. The Morgan fingerprint density at radius 3 is 2.62 bits per heavy atom. The second-order valence-corrected chi connectivity index (χ2v) is 7.37. The third-order valence-electron chi connectivity index (χ3n) is 4.16. The molecule has 3 N–H and O–H groups in total. The summed E-state index contributed by atoms with van der Waals surface area (Å²) < 4.78 is 33.0. The fourth-order valence-corrected chi connectivity index (χ4v) is 4.09. The van der Waals surface area contributed by atoms with E-state index in [9.17, 15) is 8.42 Å². The van der Waals surface area contributed by atoms with Crippen molar-refractivity contribution in [1.82, 2.24) is 4.72 Å². The van der Waals surface area contributed by atoms with Gasteiger partial charge in [0.25, 0.3) is 0 Å². The van der Waals surface area contributed by atoms with Crippen LogP contribution in [0.5, 0.6) is 0 Å². The maximum Gasteiger partial charge on any atom is 0.240 e. The molecule has 0 amide bonds. The van der Waals surface area contributed by atoms with Crippen molar-refractivity contribution < 1.29 is 13.2 Å². The van der Waals surface area contributed by atoms with Crippen molar-refractivity contribution in [3.63, 3.8) is 0 Å². The Hall–Kier alpha value is -0.950. The summed E-state index contributed by atoms with van der Waals surface area (Å²) >= 11 is 0. The standard InChI is InChI=1S/C15H24N2O3S/c1-11-9-15(4-3-14(11)10-16)21(18,19)17-12(2)13-5-7-20-8-6-13/h3-4,9,12-13,17H,5-8,10,16H2,1-2H3. The smallest absolute Gasteiger partial charge is 0.240 e. The summed E-state index contributed by atoms with van der Waals surface area (Å²) in [6, 6.07) is 4.99. The average Bonchev–Trinajstić information content (AvgIpc) is 2.47. The van der Waals surface area contributed by atoms with Crippen molar-refractivity contribution in [2.75, 3.05) is 13.2 Å². The highest BCUT2D eigenvalue weighted by Crippen LogP contribution is 2.21. The van der Waals surface area contributed by atoms with Gasteiger partial charge in [-0.2, -0.15) is 0 Å². The van der Waals surface area contributed by atoms with Crippen LogP contribution in [0.25, 0.3) is 0 Å². The fraction of sp³-hybridized carbons (Fsp3) is 0.600. The summed E-state index contributed by atoms with van der Waals surface area (Å²) in [5, 5.41) is 0. The summed E-state index contributed by atoms with van der Waals surface area (Å²) in [5.74, 6) is 0.331. The number of nitrogens with one attached hydrogen (secondary N) is 1. The van der Waals surface area contributed by atoms with Crippen LogP contribution in [0.1, 0.15) is 30.9 Å². The molecule has 1 aromatic rings. The quantitative estimate of drug-likeness (QED) is 0.864. The van der Waals surface area contributed by atoms with E-state index in [0.29, 0.717) is 30.6 Å². The van der Waals surface area contributed by atoms with E-state index in [1.54, 1.807) is 18.2 Å². The number of rotatable bonds is 5. The van der Waals surface area contributed by atoms with Gasteiger partial charge in [-0.05, 0) is 55.9 Å². The minimum atomic E-state index is -3.49. The molecule has 118 valence electrons. The van der Waals surface area contributed by atoms with Crippen LogP contribution in [0.15, 0.2) is 23.1 Å². The SMILES string of the molecule is Cc1cc(S(=O)(=O)NC(C)C2CCOCC2)ccc1CN. The lowest BCUT2D eigenvalue weighted by Crippen LogP contribution is -2.40. The Morgan fingerprint density at radius 1 is 1.38 bits per heavy atom. The number of sulfonamides is 1. The molecule has 5 nitrogen and oxygen atoms in total. The second kappa shape index (κ2) is 6.87. The maximum atomic E-state index is 12.5. The number of ether oxygens (including phenoxy) is 1. The van der Waals surface area contributed by atoms with Gasteiger partial charge in [0.05, 0.1) is 4.90 Å². The van der Waals surface area contributed by atoms with Gasteiger partial charge >= 0.3 is 0 Å². The van der Waals surface area contributed by atoms with Crippen LogP contribution in [-0.4, -0.2) is 27.7 Å². The fourth-order valence-electron chi connectivity index (χ4n) is 2.69. The number of nitrogens with two attached hydrogens (primary N) is 1. The Bertz CT molecular complexity index is 581. The first-order chi connectivity index (χ1) is 9.94. The van der Waals surface area contributed by atoms with Crippen LogP contribution in [0.3, 0.4) is 0 Å². The summed E-state index contributed by atoms with van der Waals surface area (Å²) in [7, 11) is -3.49. The van der Waals surface area contributed by atoms with Gasteiger partial charge in [0, 0.05) is 25.8 Å². The van der Waals surface area contributed by atoms with Gasteiger partial charge < -0.3 is 10.5 Å². The third kappa shape index (κ3) is 4.03. The van der Waals surface area contributed by atoms with Crippen LogP contribution in [0.2, 0.25) is 0 Å². The van der Waals surface area contributed by atoms with Gasteiger partial charge in [-0.15, -0.1) is 0 Å². The molecule has 2 rings (SSSR count).